The Morgan fingerprint density at radius 3 is 2.03 bits per heavy atom. The van der Waals surface area contributed by atoms with Crippen LogP contribution < -0.4 is 9.62 Å². The minimum absolute atomic E-state index is 0.125. The number of unbranched alkanes of at least 4 members (excludes halogenated alkanes) is 1. The number of anilines is 1. The first kappa shape index (κ1) is 29.8. The zero-order chi connectivity index (χ0) is 28.6. The molecule has 0 fully saturated rings. The molecule has 0 aliphatic heterocycles. The number of rotatable bonds is 12. The molecule has 0 unspecified atom stereocenters. The van der Waals surface area contributed by atoms with Crippen molar-refractivity contribution in [1.29, 1.82) is 0 Å². The largest absolute Gasteiger partial charge is 0.354 e. The molecule has 0 saturated carbocycles. The number of carbonyl (C=O) groups is 2. The third-order valence-corrected chi connectivity index (χ3v) is 8.26. The van der Waals surface area contributed by atoms with Gasteiger partial charge in [0, 0.05) is 13.1 Å². The molecule has 0 aliphatic carbocycles. The fraction of sp³-hybridized carbons (Fsp3) is 0.333. The number of aryl methyl sites for hydroxylation is 2. The van der Waals surface area contributed by atoms with Crippen LogP contribution in [-0.2, 0) is 26.2 Å². The summed E-state index contributed by atoms with van der Waals surface area (Å²) >= 11 is 0. The first-order chi connectivity index (χ1) is 18.5. The fourth-order valence-electron chi connectivity index (χ4n) is 3.98. The highest BCUT2D eigenvalue weighted by Gasteiger charge is 2.32. The van der Waals surface area contributed by atoms with Crippen molar-refractivity contribution in [2.24, 2.45) is 0 Å². The Labute approximate surface area is 230 Å². The van der Waals surface area contributed by atoms with E-state index in [-0.39, 0.29) is 23.0 Å². The van der Waals surface area contributed by atoms with E-state index in [1.54, 1.807) is 31.2 Å². The molecule has 0 spiro atoms. The Morgan fingerprint density at radius 1 is 0.897 bits per heavy atom. The molecule has 7 nitrogen and oxygen atoms in total. The molecule has 3 aromatic carbocycles. The van der Waals surface area contributed by atoms with Gasteiger partial charge in [0.05, 0.1) is 10.6 Å². The summed E-state index contributed by atoms with van der Waals surface area (Å²) in [6.07, 6.45) is 1.72. The standard InChI is InChI=1S/C30H36FN3O4S/c1-5-6-19-32-30(36)24(4)33(20-25-11-7-22(2)8-12-25)29(35)21-34(27-15-9-23(3)10-16-27)39(37,38)28-17-13-26(31)14-18-28/h7-18,24H,5-6,19-21H2,1-4H3,(H,32,36)/t24-/m1/s1. The van der Waals surface area contributed by atoms with Crippen LogP contribution in [0.2, 0.25) is 0 Å². The third kappa shape index (κ3) is 7.89. The summed E-state index contributed by atoms with van der Waals surface area (Å²) in [6, 6.07) is 18.0. The van der Waals surface area contributed by atoms with Gasteiger partial charge in [-0.1, -0.05) is 60.9 Å². The predicted molar refractivity (Wildman–Crippen MR) is 151 cm³/mol. The molecule has 3 rings (SSSR count). The van der Waals surface area contributed by atoms with Crippen molar-refractivity contribution >= 4 is 27.5 Å². The Bertz CT molecular complexity index is 1360. The molecule has 0 bridgehead atoms. The Balaban J connectivity index is 1.98. The molecule has 9 heteroatoms. The van der Waals surface area contributed by atoms with Gasteiger partial charge in [0.1, 0.15) is 18.4 Å². The molecular formula is C30H36FN3O4S. The van der Waals surface area contributed by atoms with Crippen LogP contribution in [0, 0.1) is 19.7 Å². The normalized spacial score (nSPS) is 12.0. The smallest absolute Gasteiger partial charge is 0.264 e. The van der Waals surface area contributed by atoms with Gasteiger partial charge in [0.25, 0.3) is 10.0 Å². The average Bonchev–Trinajstić information content (AvgIpc) is 2.91. The van der Waals surface area contributed by atoms with E-state index in [1.165, 1.54) is 17.0 Å². The molecule has 0 radical (unpaired) electrons. The number of halogens is 1. The molecule has 1 N–H and O–H groups in total. The van der Waals surface area contributed by atoms with E-state index in [0.29, 0.717) is 6.54 Å². The number of carbonyl (C=O) groups excluding carboxylic acids is 2. The van der Waals surface area contributed by atoms with Crippen LogP contribution in [0.25, 0.3) is 0 Å². The van der Waals surface area contributed by atoms with Crippen molar-refractivity contribution in [2.45, 2.75) is 58.0 Å². The van der Waals surface area contributed by atoms with Gasteiger partial charge in [-0.05, 0) is 69.2 Å². The number of nitrogens with zero attached hydrogens (tertiary/aromatic N) is 2. The zero-order valence-electron chi connectivity index (χ0n) is 22.9. The zero-order valence-corrected chi connectivity index (χ0v) is 23.7. The van der Waals surface area contributed by atoms with Crippen LogP contribution in [0.15, 0.2) is 77.7 Å². The Morgan fingerprint density at radius 2 is 1.46 bits per heavy atom. The average molecular weight is 554 g/mol. The number of nitrogens with one attached hydrogen (secondary N) is 1. The lowest BCUT2D eigenvalue weighted by molar-refractivity contribution is -0.139. The Kier molecular flexibility index (Phi) is 10.2. The summed E-state index contributed by atoms with van der Waals surface area (Å²) in [5, 5.41) is 2.87. The summed E-state index contributed by atoms with van der Waals surface area (Å²) in [4.78, 5) is 28.1. The number of benzene rings is 3. The van der Waals surface area contributed by atoms with Crippen molar-refractivity contribution in [3.8, 4) is 0 Å². The lowest BCUT2D eigenvalue weighted by Gasteiger charge is -2.32. The van der Waals surface area contributed by atoms with Crippen LogP contribution in [0.3, 0.4) is 0 Å². The highest BCUT2D eigenvalue weighted by atomic mass is 32.2. The van der Waals surface area contributed by atoms with Crippen LogP contribution in [0.5, 0.6) is 0 Å². The quantitative estimate of drug-likeness (QED) is 0.321. The maximum absolute atomic E-state index is 13.9. The molecule has 2 amide bonds. The van der Waals surface area contributed by atoms with Crippen LogP contribution >= 0.6 is 0 Å². The van der Waals surface area contributed by atoms with Gasteiger partial charge >= 0.3 is 0 Å². The second-order valence-corrected chi connectivity index (χ2v) is 11.5. The van der Waals surface area contributed by atoms with Crippen molar-refractivity contribution in [3.05, 3.63) is 95.3 Å². The first-order valence-corrected chi connectivity index (χ1v) is 14.4. The molecule has 3 aromatic rings. The monoisotopic (exact) mass is 553 g/mol. The molecule has 1 atom stereocenters. The van der Waals surface area contributed by atoms with E-state index in [1.807, 2.05) is 45.0 Å². The van der Waals surface area contributed by atoms with Gasteiger partial charge in [-0.15, -0.1) is 0 Å². The van der Waals surface area contributed by atoms with Crippen molar-refractivity contribution in [2.75, 3.05) is 17.4 Å². The van der Waals surface area contributed by atoms with Crippen LogP contribution in [-0.4, -0.2) is 44.3 Å². The summed E-state index contributed by atoms with van der Waals surface area (Å²) in [5.74, 6) is -1.42. The highest BCUT2D eigenvalue weighted by Crippen LogP contribution is 2.25. The minimum atomic E-state index is -4.24. The molecular weight excluding hydrogens is 517 g/mol. The second kappa shape index (κ2) is 13.4. The van der Waals surface area contributed by atoms with Gasteiger partial charge in [-0.2, -0.15) is 0 Å². The summed E-state index contributed by atoms with van der Waals surface area (Å²) < 4.78 is 42.0. The predicted octanol–water partition coefficient (Wildman–Crippen LogP) is 4.97. The van der Waals surface area contributed by atoms with Gasteiger partial charge in [0.15, 0.2) is 0 Å². The van der Waals surface area contributed by atoms with Crippen LogP contribution in [0.1, 0.15) is 43.4 Å². The van der Waals surface area contributed by atoms with Gasteiger partial charge in [0.2, 0.25) is 11.8 Å². The summed E-state index contributed by atoms with van der Waals surface area (Å²) in [5.41, 5.74) is 3.07. The number of amides is 2. The van der Waals surface area contributed by atoms with E-state index < -0.39 is 34.3 Å². The van der Waals surface area contributed by atoms with E-state index in [2.05, 4.69) is 5.32 Å². The maximum Gasteiger partial charge on any atom is 0.264 e. The minimum Gasteiger partial charge on any atom is -0.354 e. The van der Waals surface area contributed by atoms with Gasteiger partial charge in [-0.25, -0.2) is 12.8 Å². The number of sulfonamides is 1. The molecule has 0 saturated heterocycles. The SMILES string of the molecule is CCCCNC(=O)[C@@H](C)N(Cc1ccc(C)cc1)C(=O)CN(c1ccc(C)cc1)S(=O)(=O)c1ccc(F)cc1. The summed E-state index contributed by atoms with van der Waals surface area (Å²) in [7, 11) is -4.24. The molecule has 208 valence electrons. The van der Waals surface area contributed by atoms with E-state index >= 15 is 0 Å². The van der Waals surface area contributed by atoms with E-state index in [0.717, 1.165) is 46.0 Å². The van der Waals surface area contributed by atoms with Gasteiger partial charge < -0.3 is 10.2 Å². The van der Waals surface area contributed by atoms with Crippen molar-refractivity contribution < 1.29 is 22.4 Å². The van der Waals surface area contributed by atoms with Crippen molar-refractivity contribution in [3.63, 3.8) is 0 Å². The van der Waals surface area contributed by atoms with Crippen molar-refractivity contribution in [1.82, 2.24) is 10.2 Å². The van der Waals surface area contributed by atoms with Crippen LogP contribution in [0.4, 0.5) is 10.1 Å². The highest BCUT2D eigenvalue weighted by molar-refractivity contribution is 7.92. The first-order valence-electron chi connectivity index (χ1n) is 13.0. The molecule has 0 aromatic heterocycles. The van der Waals surface area contributed by atoms with E-state index in [9.17, 15) is 22.4 Å². The maximum atomic E-state index is 13.9. The Hall–Kier alpha value is -3.72. The third-order valence-electron chi connectivity index (χ3n) is 6.47. The fourth-order valence-corrected chi connectivity index (χ4v) is 5.40. The molecule has 0 aliphatic rings. The lowest BCUT2D eigenvalue weighted by Crippen LogP contribution is -2.51. The summed E-state index contributed by atoms with van der Waals surface area (Å²) in [6.45, 7) is 7.55. The van der Waals surface area contributed by atoms with E-state index in [4.69, 9.17) is 0 Å². The number of hydrogen-bond acceptors (Lipinski definition) is 4. The lowest BCUT2D eigenvalue weighted by atomic mass is 10.1. The van der Waals surface area contributed by atoms with Gasteiger partial charge in [-0.3, -0.25) is 13.9 Å². The number of hydrogen-bond donors (Lipinski definition) is 1. The molecule has 39 heavy (non-hydrogen) atoms. The topological polar surface area (TPSA) is 86.8 Å². The second-order valence-electron chi connectivity index (χ2n) is 9.63. The molecule has 0 heterocycles.